The number of methoxy groups -OCH3 is 2. The third-order valence-electron chi connectivity index (χ3n) is 6.65. The highest BCUT2D eigenvalue weighted by atomic mass is 35.5. The zero-order chi connectivity index (χ0) is 29.1. The van der Waals surface area contributed by atoms with E-state index in [9.17, 15) is 9.59 Å². The second-order valence-corrected chi connectivity index (χ2v) is 11.0. The molecular weight excluding hydrogens is 583 g/mol. The molecule has 7 nitrogen and oxygen atoms in total. The molecule has 41 heavy (non-hydrogen) atoms. The molecule has 2 heterocycles. The highest BCUT2D eigenvalue weighted by Gasteiger charge is 2.33. The predicted molar refractivity (Wildman–Crippen MR) is 161 cm³/mol. The second kappa shape index (κ2) is 12.3. The molecule has 0 saturated heterocycles. The van der Waals surface area contributed by atoms with Crippen molar-refractivity contribution in [3.8, 4) is 11.5 Å². The average Bonchev–Trinajstić information content (AvgIpc) is 3.30. The minimum Gasteiger partial charge on any atom is -0.493 e. The number of esters is 1. The Morgan fingerprint density at radius 1 is 1.05 bits per heavy atom. The maximum atomic E-state index is 13.8. The van der Waals surface area contributed by atoms with E-state index in [1.807, 2.05) is 49.4 Å². The molecule has 1 aromatic heterocycles. The van der Waals surface area contributed by atoms with Crippen LogP contribution < -0.4 is 24.4 Å². The number of carbonyl (C=O) groups is 1. The molecule has 1 aliphatic heterocycles. The van der Waals surface area contributed by atoms with Gasteiger partial charge in [0.15, 0.2) is 16.3 Å². The number of rotatable bonds is 8. The summed E-state index contributed by atoms with van der Waals surface area (Å²) in [5.74, 6) is 0.519. The topological polar surface area (TPSA) is 79.1 Å². The summed E-state index contributed by atoms with van der Waals surface area (Å²) in [6, 6.07) is 19.4. The Labute approximate surface area is 250 Å². The van der Waals surface area contributed by atoms with Crippen molar-refractivity contribution < 1.29 is 19.0 Å². The fourth-order valence-corrected chi connectivity index (χ4v) is 6.14. The molecule has 3 aromatic carbocycles. The molecule has 1 atom stereocenters. The molecular formula is C31H26Cl2N2O5S. The lowest BCUT2D eigenvalue weighted by Crippen LogP contribution is -2.40. The highest BCUT2D eigenvalue weighted by molar-refractivity contribution is 7.07. The summed E-state index contributed by atoms with van der Waals surface area (Å²) in [6.07, 6.45) is 2.29. The van der Waals surface area contributed by atoms with E-state index in [0.717, 1.165) is 16.7 Å². The highest BCUT2D eigenvalue weighted by Crippen LogP contribution is 2.32. The first kappa shape index (κ1) is 28.7. The van der Waals surface area contributed by atoms with Crippen LogP contribution in [0.1, 0.15) is 36.1 Å². The van der Waals surface area contributed by atoms with Crippen molar-refractivity contribution in [3.05, 3.63) is 124 Å². The first-order valence-electron chi connectivity index (χ1n) is 12.8. The molecule has 1 aliphatic rings. The normalized spacial score (nSPS) is 14.9. The zero-order valence-electron chi connectivity index (χ0n) is 22.5. The SMILES string of the molecule is CCC1=C(C(=O)OC)[C@@H](c2ccccc2)n2c(s/c(=C\c3ccc(OCc4ccc(Cl)cc4Cl)c(OC)c3)c2=O)=N1. The number of aromatic nitrogens is 1. The number of hydrogen-bond acceptors (Lipinski definition) is 7. The smallest absolute Gasteiger partial charge is 0.338 e. The van der Waals surface area contributed by atoms with E-state index in [1.165, 1.54) is 18.4 Å². The van der Waals surface area contributed by atoms with E-state index >= 15 is 0 Å². The number of nitrogens with zero attached hydrogens (tertiary/aromatic N) is 2. The Balaban J connectivity index is 1.54. The van der Waals surface area contributed by atoms with Crippen molar-refractivity contribution in [2.45, 2.75) is 26.0 Å². The van der Waals surface area contributed by atoms with Gasteiger partial charge in [-0.1, -0.05) is 83.9 Å². The average molecular weight is 610 g/mol. The standard InChI is InChI=1S/C31H26Cl2N2O5S/c1-4-23-27(30(37)39-3)28(19-8-6-5-7-9-19)35-29(36)26(41-31(35)34-23)15-18-10-13-24(25(14-18)38-2)40-17-20-11-12-21(32)16-22(20)33/h5-16,28H,4,17H2,1-3H3/b26-15-/t28-/m1/s1. The van der Waals surface area contributed by atoms with Gasteiger partial charge in [-0.15, -0.1) is 0 Å². The summed E-state index contributed by atoms with van der Waals surface area (Å²) < 4.78 is 18.7. The molecule has 0 saturated carbocycles. The van der Waals surface area contributed by atoms with Crippen LogP contribution in [-0.2, 0) is 16.1 Å². The fraction of sp³-hybridized carbons (Fsp3) is 0.194. The largest absolute Gasteiger partial charge is 0.493 e. The number of carbonyl (C=O) groups excluding carboxylic acids is 1. The van der Waals surface area contributed by atoms with E-state index < -0.39 is 12.0 Å². The van der Waals surface area contributed by atoms with Crippen LogP contribution in [0.4, 0.5) is 0 Å². The molecule has 0 unspecified atom stereocenters. The van der Waals surface area contributed by atoms with Crippen LogP contribution in [0.3, 0.4) is 0 Å². The van der Waals surface area contributed by atoms with Crippen molar-refractivity contribution in [2.24, 2.45) is 4.99 Å². The van der Waals surface area contributed by atoms with Crippen molar-refractivity contribution in [1.82, 2.24) is 4.57 Å². The van der Waals surface area contributed by atoms with Crippen molar-refractivity contribution in [2.75, 3.05) is 14.2 Å². The van der Waals surface area contributed by atoms with Crippen LogP contribution in [0, 0.1) is 0 Å². The number of ether oxygens (including phenoxy) is 3. The number of fused-ring (bicyclic) bond motifs is 1. The molecule has 0 N–H and O–H groups in total. The summed E-state index contributed by atoms with van der Waals surface area (Å²) in [5, 5.41) is 1.06. The van der Waals surface area contributed by atoms with Crippen LogP contribution >= 0.6 is 34.5 Å². The van der Waals surface area contributed by atoms with Gasteiger partial charge < -0.3 is 14.2 Å². The lowest BCUT2D eigenvalue weighted by Gasteiger charge is -2.25. The molecule has 4 aromatic rings. The molecule has 210 valence electrons. The summed E-state index contributed by atoms with van der Waals surface area (Å²) in [5.41, 5.74) is 3.03. The lowest BCUT2D eigenvalue weighted by atomic mass is 9.95. The van der Waals surface area contributed by atoms with Gasteiger partial charge in [-0.2, -0.15) is 0 Å². The quantitative estimate of drug-likeness (QED) is 0.240. The third-order valence-corrected chi connectivity index (χ3v) is 8.22. The first-order valence-corrected chi connectivity index (χ1v) is 14.3. The van der Waals surface area contributed by atoms with Gasteiger partial charge in [-0.3, -0.25) is 9.36 Å². The predicted octanol–water partition coefficient (Wildman–Crippen LogP) is 5.69. The van der Waals surface area contributed by atoms with Gasteiger partial charge in [-0.25, -0.2) is 9.79 Å². The van der Waals surface area contributed by atoms with Gasteiger partial charge in [0.1, 0.15) is 6.61 Å². The van der Waals surface area contributed by atoms with Gasteiger partial charge >= 0.3 is 5.97 Å². The van der Waals surface area contributed by atoms with Crippen LogP contribution in [0.25, 0.3) is 6.08 Å². The maximum absolute atomic E-state index is 13.8. The van der Waals surface area contributed by atoms with Gasteiger partial charge in [0.2, 0.25) is 0 Å². The first-order chi connectivity index (χ1) is 19.8. The molecule has 0 fully saturated rings. The van der Waals surface area contributed by atoms with Crippen LogP contribution in [0.5, 0.6) is 11.5 Å². The number of hydrogen-bond donors (Lipinski definition) is 0. The minimum atomic E-state index is -0.651. The monoisotopic (exact) mass is 608 g/mol. The van der Waals surface area contributed by atoms with E-state index in [2.05, 4.69) is 0 Å². The third kappa shape index (κ3) is 5.81. The van der Waals surface area contributed by atoms with E-state index in [0.29, 0.717) is 48.6 Å². The van der Waals surface area contributed by atoms with E-state index in [4.69, 9.17) is 42.4 Å². The van der Waals surface area contributed by atoms with Gasteiger partial charge in [0, 0.05) is 15.6 Å². The van der Waals surface area contributed by atoms with E-state index in [1.54, 1.807) is 42.0 Å². The number of allylic oxidation sites excluding steroid dienone is 1. The van der Waals surface area contributed by atoms with Crippen LogP contribution in [0.2, 0.25) is 10.0 Å². The Kier molecular flexibility index (Phi) is 8.63. The Hall–Kier alpha value is -3.85. The zero-order valence-corrected chi connectivity index (χ0v) is 24.8. The molecule has 0 radical (unpaired) electrons. The fourth-order valence-electron chi connectivity index (χ4n) is 4.65. The molecule has 0 amide bonds. The van der Waals surface area contributed by atoms with Crippen LogP contribution in [0.15, 0.2) is 87.8 Å². The van der Waals surface area contributed by atoms with Crippen molar-refractivity contribution >= 4 is 46.6 Å². The van der Waals surface area contributed by atoms with Crippen molar-refractivity contribution in [1.29, 1.82) is 0 Å². The lowest BCUT2D eigenvalue weighted by molar-refractivity contribution is -0.136. The van der Waals surface area contributed by atoms with Crippen LogP contribution in [-0.4, -0.2) is 24.8 Å². The molecule has 0 bridgehead atoms. The second-order valence-electron chi connectivity index (χ2n) is 9.13. The number of halogens is 2. The minimum absolute atomic E-state index is 0.228. The maximum Gasteiger partial charge on any atom is 0.338 e. The number of thiazole rings is 1. The molecule has 0 spiro atoms. The summed E-state index contributed by atoms with van der Waals surface area (Å²) in [6.45, 7) is 2.15. The summed E-state index contributed by atoms with van der Waals surface area (Å²) in [4.78, 5) is 32.0. The summed E-state index contributed by atoms with van der Waals surface area (Å²) in [7, 11) is 2.89. The summed E-state index contributed by atoms with van der Waals surface area (Å²) >= 11 is 13.5. The Morgan fingerprint density at radius 3 is 2.51 bits per heavy atom. The number of benzene rings is 3. The van der Waals surface area contributed by atoms with Crippen molar-refractivity contribution in [3.63, 3.8) is 0 Å². The van der Waals surface area contributed by atoms with Gasteiger partial charge in [0.25, 0.3) is 5.56 Å². The molecule has 0 aliphatic carbocycles. The Morgan fingerprint density at radius 2 is 1.83 bits per heavy atom. The molecule has 10 heteroatoms. The molecule has 5 rings (SSSR count). The Bertz CT molecular complexity index is 1830. The van der Waals surface area contributed by atoms with Gasteiger partial charge in [0.05, 0.1) is 36.1 Å². The van der Waals surface area contributed by atoms with Gasteiger partial charge in [-0.05, 0) is 47.9 Å². The van der Waals surface area contributed by atoms with E-state index in [-0.39, 0.29) is 12.2 Å².